The lowest BCUT2D eigenvalue weighted by Crippen LogP contribution is -2.52. The summed E-state index contributed by atoms with van der Waals surface area (Å²) >= 11 is 0. The van der Waals surface area contributed by atoms with Gasteiger partial charge in [0.1, 0.15) is 12.1 Å². The quantitative estimate of drug-likeness (QED) is 0.898. The Morgan fingerprint density at radius 1 is 1.36 bits per heavy atom. The Balaban J connectivity index is 0.00000121. The molecule has 0 radical (unpaired) electrons. The number of nitrogens with one attached hydrogen (secondary N) is 1. The van der Waals surface area contributed by atoms with E-state index < -0.39 is 0 Å². The van der Waals surface area contributed by atoms with E-state index in [2.05, 4.69) is 22.2 Å². The zero-order valence-electron chi connectivity index (χ0n) is 12.2. The molecule has 0 aliphatic carbocycles. The van der Waals surface area contributed by atoms with E-state index in [9.17, 15) is 4.79 Å². The molecular formula is C14H19Cl2N5O. The molecule has 0 saturated carbocycles. The Hall–Kier alpha value is -1.63. The van der Waals surface area contributed by atoms with Crippen LogP contribution in [0.25, 0.3) is 5.82 Å². The highest BCUT2D eigenvalue weighted by molar-refractivity contribution is 5.94. The number of amides is 1. The molecule has 1 aliphatic rings. The highest BCUT2D eigenvalue weighted by atomic mass is 35.5. The number of rotatable bonds is 2. The van der Waals surface area contributed by atoms with E-state index >= 15 is 0 Å². The number of hydrogen-bond acceptors (Lipinski definition) is 4. The fraction of sp³-hybridized carbons (Fsp3) is 0.357. The van der Waals surface area contributed by atoms with Gasteiger partial charge in [-0.05, 0) is 19.1 Å². The Morgan fingerprint density at radius 2 is 2.18 bits per heavy atom. The summed E-state index contributed by atoms with van der Waals surface area (Å²) in [5.74, 6) is 0.763. The van der Waals surface area contributed by atoms with Gasteiger partial charge in [0.05, 0.1) is 0 Å². The topological polar surface area (TPSA) is 63.1 Å². The molecule has 3 heterocycles. The van der Waals surface area contributed by atoms with Crippen LogP contribution in [0, 0.1) is 0 Å². The van der Waals surface area contributed by atoms with Crippen molar-refractivity contribution in [1.82, 2.24) is 24.8 Å². The lowest BCUT2D eigenvalue weighted by molar-refractivity contribution is 0.0655. The van der Waals surface area contributed by atoms with Crippen molar-refractivity contribution in [1.29, 1.82) is 0 Å². The molecule has 1 atom stereocenters. The van der Waals surface area contributed by atoms with E-state index in [4.69, 9.17) is 0 Å². The maximum atomic E-state index is 12.6. The van der Waals surface area contributed by atoms with E-state index in [1.807, 2.05) is 11.1 Å². The van der Waals surface area contributed by atoms with Crippen LogP contribution in [0.3, 0.4) is 0 Å². The van der Waals surface area contributed by atoms with Gasteiger partial charge < -0.3 is 10.2 Å². The third-order valence-electron chi connectivity index (χ3n) is 3.52. The third kappa shape index (κ3) is 3.76. The molecule has 0 unspecified atom stereocenters. The lowest BCUT2D eigenvalue weighted by Gasteiger charge is -2.34. The molecule has 1 fully saturated rings. The normalized spacial score (nSPS) is 17.3. The Labute approximate surface area is 141 Å². The van der Waals surface area contributed by atoms with Crippen LogP contribution in [-0.2, 0) is 0 Å². The number of imidazole rings is 1. The number of carbonyl (C=O) groups excluding carboxylic acids is 1. The summed E-state index contributed by atoms with van der Waals surface area (Å²) in [5, 5.41) is 3.29. The van der Waals surface area contributed by atoms with Crippen molar-refractivity contribution >= 4 is 30.7 Å². The third-order valence-corrected chi connectivity index (χ3v) is 3.52. The van der Waals surface area contributed by atoms with Gasteiger partial charge in [-0.3, -0.25) is 9.36 Å². The van der Waals surface area contributed by atoms with Crippen LogP contribution in [0.15, 0.2) is 37.1 Å². The van der Waals surface area contributed by atoms with Crippen LogP contribution in [0.2, 0.25) is 0 Å². The first kappa shape index (κ1) is 18.4. The van der Waals surface area contributed by atoms with Crippen LogP contribution in [0.5, 0.6) is 0 Å². The molecule has 2 aromatic heterocycles. The minimum atomic E-state index is 0. The fourth-order valence-electron chi connectivity index (χ4n) is 2.40. The minimum absolute atomic E-state index is 0. The molecule has 6 nitrogen and oxygen atoms in total. The summed E-state index contributed by atoms with van der Waals surface area (Å²) in [5.41, 5.74) is 0.664. The molecule has 1 aliphatic heterocycles. The first-order valence-corrected chi connectivity index (χ1v) is 6.72. The molecule has 1 amide bonds. The molecule has 8 heteroatoms. The molecule has 0 aromatic carbocycles. The van der Waals surface area contributed by atoms with Gasteiger partial charge in [0.15, 0.2) is 0 Å². The first-order chi connectivity index (χ1) is 9.75. The molecular weight excluding hydrogens is 325 g/mol. The maximum Gasteiger partial charge on any atom is 0.254 e. The molecule has 0 bridgehead atoms. The van der Waals surface area contributed by atoms with Gasteiger partial charge in [0, 0.05) is 49.8 Å². The predicted octanol–water partition coefficient (Wildman–Crippen LogP) is 1.54. The molecule has 1 N–H and O–H groups in total. The van der Waals surface area contributed by atoms with E-state index in [-0.39, 0.29) is 36.8 Å². The summed E-state index contributed by atoms with van der Waals surface area (Å²) in [6, 6.07) is 3.78. The molecule has 22 heavy (non-hydrogen) atoms. The van der Waals surface area contributed by atoms with Crippen molar-refractivity contribution in [2.24, 2.45) is 0 Å². The highest BCUT2D eigenvalue weighted by Gasteiger charge is 2.24. The van der Waals surface area contributed by atoms with E-state index in [0.717, 1.165) is 19.6 Å². The second kappa shape index (κ2) is 8.12. The average molecular weight is 344 g/mol. The Bertz CT molecular complexity index is 605. The number of carbonyl (C=O) groups is 1. The van der Waals surface area contributed by atoms with Crippen LogP contribution in [0.4, 0.5) is 0 Å². The van der Waals surface area contributed by atoms with Crippen molar-refractivity contribution in [3.8, 4) is 5.82 Å². The van der Waals surface area contributed by atoms with Crippen LogP contribution >= 0.6 is 24.8 Å². The van der Waals surface area contributed by atoms with Crippen LogP contribution in [0.1, 0.15) is 17.3 Å². The second-order valence-corrected chi connectivity index (χ2v) is 4.92. The number of halogens is 2. The van der Waals surface area contributed by atoms with Crippen molar-refractivity contribution in [3.63, 3.8) is 0 Å². The maximum absolute atomic E-state index is 12.6. The summed E-state index contributed by atoms with van der Waals surface area (Å²) < 4.78 is 1.79. The molecule has 0 spiro atoms. The molecule has 3 rings (SSSR count). The monoisotopic (exact) mass is 343 g/mol. The number of aromatic nitrogens is 3. The summed E-state index contributed by atoms with van der Waals surface area (Å²) in [6.07, 6.45) is 6.83. The van der Waals surface area contributed by atoms with Crippen molar-refractivity contribution in [3.05, 3.63) is 42.6 Å². The van der Waals surface area contributed by atoms with E-state index in [1.165, 1.54) is 0 Å². The van der Waals surface area contributed by atoms with Gasteiger partial charge in [0.2, 0.25) is 0 Å². The summed E-state index contributed by atoms with van der Waals surface area (Å²) in [6.45, 7) is 4.48. The van der Waals surface area contributed by atoms with E-state index in [1.54, 1.807) is 35.4 Å². The second-order valence-electron chi connectivity index (χ2n) is 4.92. The number of piperazine rings is 1. The van der Waals surface area contributed by atoms with Crippen LogP contribution in [-0.4, -0.2) is 51.0 Å². The van der Waals surface area contributed by atoms with Gasteiger partial charge in [0.25, 0.3) is 5.91 Å². The zero-order valence-corrected chi connectivity index (χ0v) is 13.8. The number of nitrogens with zero attached hydrogens (tertiary/aromatic N) is 4. The highest BCUT2D eigenvalue weighted by Crippen LogP contribution is 2.12. The van der Waals surface area contributed by atoms with E-state index in [0.29, 0.717) is 11.4 Å². The average Bonchev–Trinajstić information content (AvgIpc) is 3.01. The van der Waals surface area contributed by atoms with Gasteiger partial charge in [-0.1, -0.05) is 0 Å². The Morgan fingerprint density at radius 3 is 2.86 bits per heavy atom. The predicted molar refractivity (Wildman–Crippen MR) is 89.2 cm³/mol. The van der Waals surface area contributed by atoms with Crippen LogP contribution < -0.4 is 5.32 Å². The number of pyridine rings is 1. The largest absolute Gasteiger partial charge is 0.333 e. The van der Waals surface area contributed by atoms with Gasteiger partial charge >= 0.3 is 0 Å². The minimum Gasteiger partial charge on any atom is -0.333 e. The molecule has 120 valence electrons. The fourth-order valence-corrected chi connectivity index (χ4v) is 2.40. The van der Waals surface area contributed by atoms with Crippen molar-refractivity contribution < 1.29 is 4.79 Å². The van der Waals surface area contributed by atoms with Gasteiger partial charge in [-0.15, -0.1) is 24.8 Å². The molecule has 2 aromatic rings. The lowest BCUT2D eigenvalue weighted by atomic mass is 10.1. The summed E-state index contributed by atoms with van der Waals surface area (Å²) in [7, 11) is 0. The van der Waals surface area contributed by atoms with Gasteiger partial charge in [-0.25, -0.2) is 9.97 Å². The SMILES string of the molecule is C[C@H]1CNCCN1C(=O)c1ccnc(-n2ccnc2)c1.Cl.Cl. The Kier molecular flexibility index (Phi) is 6.80. The molecule has 1 saturated heterocycles. The van der Waals surface area contributed by atoms with Gasteiger partial charge in [-0.2, -0.15) is 0 Å². The first-order valence-electron chi connectivity index (χ1n) is 6.72. The number of hydrogen-bond donors (Lipinski definition) is 1. The standard InChI is InChI=1S/C14H17N5O.2ClH/c1-11-9-15-5-7-19(11)14(20)12-2-3-17-13(8-12)18-6-4-16-10-18;;/h2-4,6,8,10-11,15H,5,7,9H2,1H3;2*1H/t11-;;/m0../s1. The summed E-state index contributed by atoms with van der Waals surface area (Å²) in [4.78, 5) is 22.7. The van der Waals surface area contributed by atoms with Crippen molar-refractivity contribution in [2.75, 3.05) is 19.6 Å². The van der Waals surface area contributed by atoms with Crippen molar-refractivity contribution in [2.45, 2.75) is 13.0 Å². The zero-order chi connectivity index (χ0) is 13.9. The smallest absolute Gasteiger partial charge is 0.254 e.